The zero-order chi connectivity index (χ0) is 21.6. The highest BCUT2D eigenvalue weighted by Gasteiger charge is 2.35. The zero-order valence-electron chi connectivity index (χ0n) is 17.2. The first kappa shape index (κ1) is 22.2. The fraction of sp³-hybridized carbons (Fsp3) is 0.391. The summed E-state index contributed by atoms with van der Waals surface area (Å²) in [6.45, 7) is 1.94. The molecule has 6 nitrogen and oxygen atoms in total. The molecule has 7 heteroatoms. The van der Waals surface area contributed by atoms with Crippen molar-refractivity contribution in [3.8, 4) is 0 Å². The summed E-state index contributed by atoms with van der Waals surface area (Å²) in [6.07, 6.45) is 4.41. The van der Waals surface area contributed by atoms with E-state index in [1.54, 1.807) is 6.07 Å². The lowest BCUT2D eigenvalue weighted by Crippen LogP contribution is -2.40. The second-order valence-electron chi connectivity index (χ2n) is 7.86. The predicted molar refractivity (Wildman–Crippen MR) is 116 cm³/mol. The highest BCUT2D eigenvalue weighted by atomic mass is 32.2. The van der Waals surface area contributed by atoms with Crippen LogP contribution in [0.4, 0.5) is 0 Å². The van der Waals surface area contributed by atoms with Crippen molar-refractivity contribution >= 4 is 21.7 Å². The van der Waals surface area contributed by atoms with Gasteiger partial charge in [0.25, 0.3) is 0 Å². The Morgan fingerprint density at radius 3 is 2.37 bits per heavy atom. The molecule has 0 spiro atoms. The first-order valence-corrected chi connectivity index (χ1v) is 11.7. The molecule has 1 amide bonds. The van der Waals surface area contributed by atoms with Crippen molar-refractivity contribution in [2.45, 2.75) is 49.3 Å². The third kappa shape index (κ3) is 5.34. The van der Waals surface area contributed by atoms with Crippen molar-refractivity contribution in [2.75, 3.05) is 13.1 Å². The van der Waals surface area contributed by atoms with Gasteiger partial charge in [0.05, 0.1) is 4.90 Å². The van der Waals surface area contributed by atoms with Gasteiger partial charge in [-0.25, -0.2) is 13.1 Å². The smallest absolute Gasteiger partial charge is 0.240 e. The largest absolute Gasteiger partial charge is 0.355 e. The average Bonchev–Trinajstić information content (AvgIpc) is 3.23. The van der Waals surface area contributed by atoms with Gasteiger partial charge in [-0.2, -0.15) is 0 Å². The average molecular weight is 429 g/mol. The van der Waals surface area contributed by atoms with Crippen LogP contribution in [0.5, 0.6) is 0 Å². The van der Waals surface area contributed by atoms with Gasteiger partial charge < -0.3 is 5.32 Å². The van der Waals surface area contributed by atoms with Crippen LogP contribution in [0.1, 0.15) is 54.9 Å². The van der Waals surface area contributed by atoms with Gasteiger partial charge in [0.1, 0.15) is 0 Å². The van der Waals surface area contributed by atoms with Gasteiger partial charge in [-0.05, 0) is 37.5 Å². The molecule has 0 aromatic heterocycles. The van der Waals surface area contributed by atoms with Gasteiger partial charge in [0, 0.05) is 30.5 Å². The Bertz CT molecular complexity index is 997. The third-order valence-corrected chi connectivity index (χ3v) is 7.22. The summed E-state index contributed by atoms with van der Waals surface area (Å²) in [5.41, 5.74) is 1.54. The van der Waals surface area contributed by atoms with Crippen LogP contribution < -0.4 is 10.0 Å². The number of hydrogen-bond donors (Lipinski definition) is 2. The minimum absolute atomic E-state index is 0.00317. The topological polar surface area (TPSA) is 92.3 Å². The van der Waals surface area contributed by atoms with E-state index in [-0.39, 0.29) is 35.0 Å². The van der Waals surface area contributed by atoms with Crippen molar-refractivity contribution in [2.24, 2.45) is 0 Å². The molecule has 0 aliphatic heterocycles. The molecule has 1 fully saturated rings. The molecule has 1 aliphatic carbocycles. The quantitative estimate of drug-likeness (QED) is 0.600. The summed E-state index contributed by atoms with van der Waals surface area (Å²) in [4.78, 5) is 23.8. The van der Waals surface area contributed by atoms with Crippen LogP contribution in [-0.2, 0) is 20.2 Å². The van der Waals surface area contributed by atoms with Crippen LogP contribution in [0.2, 0.25) is 0 Å². The Morgan fingerprint density at radius 1 is 1.00 bits per heavy atom. The van der Waals surface area contributed by atoms with E-state index in [0.717, 1.165) is 25.7 Å². The van der Waals surface area contributed by atoms with Gasteiger partial charge in [-0.15, -0.1) is 0 Å². The summed E-state index contributed by atoms with van der Waals surface area (Å²) in [7, 11) is -3.78. The maximum atomic E-state index is 12.4. The minimum atomic E-state index is -3.78. The number of carbonyl (C=O) groups excluding carboxylic acids is 2. The lowest BCUT2D eigenvalue weighted by molar-refractivity contribution is -0.121. The molecule has 2 aromatic rings. The van der Waals surface area contributed by atoms with Gasteiger partial charge in [-0.1, -0.05) is 55.3 Å². The standard InChI is InChI=1S/C23H28N2O4S/c1-18(26)19-8-7-11-21(16-19)30(28,29)25-15-12-22(27)24-17-23(13-5-6-14-23)20-9-3-2-4-10-20/h2-4,7-11,16,25H,5-6,12-15,17H2,1H3,(H,24,27). The highest BCUT2D eigenvalue weighted by molar-refractivity contribution is 7.89. The molecule has 1 saturated carbocycles. The third-order valence-electron chi connectivity index (χ3n) is 5.77. The summed E-state index contributed by atoms with van der Waals surface area (Å²) in [5, 5.41) is 3.00. The SMILES string of the molecule is CC(=O)c1cccc(S(=O)(=O)NCCC(=O)NCC2(c3ccccc3)CCCC2)c1. The van der Waals surface area contributed by atoms with Crippen LogP contribution in [0.15, 0.2) is 59.5 Å². The molecular weight excluding hydrogens is 400 g/mol. The Morgan fingerprint density at radius 2 is 1.70 bits per heavy atom. The first-order valence-electron chi connectivity index (χ1n) is 10.3. The van der Waals surface area contributed by atoms with Crippen LogP contribution in [0.3, 0.4) is 0 Å². The van der Waals surface area contributed by atoms with E-state index < -0.39 is 10.0 Å². The van der Waals surface area contributed by atoms with E-state index in [4.69, 9.17) is 0 Å². The van der Waals surface area contributed by atoms with E-state index in [0.29, 0.717) is 12.1 Å². The predicted octanol–water partition coefficient (Wildman–Crippen LogP) is 3.19. The monoisotopic (exact) mass is 428 g/mol. The molecular formula is C23H28N2O4S. The van der Waals surface area contributed by atoms with E-state index in [1.807, 2.05) is 18.2 Å². The van der Waals surface area contributed by atoms with E-state index in [2.05, 4.69) is 22.2 Å². The lowest BCUT2D eigenvalue weighted by atomic mass is 9.79. The van der Waals surface area contributed by atoms with Crippen LogP contribution in [-0.4, -0.2) is 33.2 Å². The molecule has 0 atom stereocenters. The second kappa shape index (κ2) is 9.53. The number of carbonyl (C=O) groups is 2. The number of hydrogen-bond acceptors (Lipinski definition) is 4. The van der Waals surface area contributed by atoms with E-state index in [9.17, 15) is 18.0 Å². The maximum Gasteiger partial charge on any atom is 0.240 e. The number of rotatable bonds is 9. The second-order valence-corrected chi connectivity index (χ2v) is 9.63. The molecule has 30 heavy (non-hydrogen) atoms. The molecule has 0 heterocycles. The van der Waals surface area contributed by atoms with Crippen molar-refractivity contribution in [1.29, 1.82) is 0 Å². The minimum Gasteiger partial charge on any atom is -0.355 e. The van der Waals surface area contributed by atoms with E-state index >= 15 is 0 Å². The molecule has 3 rings (SSSR count). The van der Waals surface area contributed by atoms with E-state index in [1.165, 1.54) is 30.7 Å². The lowest BCUT2D eigenvalue weighted by Gasteiger charge is -2.30. The van der Waals surface area contributed by atoms with Crippen LogP contribution >= 0.6 is 0 Å². The molecule has 0 unspecified atom stereocenters. The summed E-state index contributed by atoms with van der Waals surface area (Å²) >= 11 is 0. The normalized spacial score (nSPS) is 15.6. The van der Waals surface area contributed by atoms with Gasteiger partial charge in [-0.3, -0.25) is 9.59 Å². The Labute approximate surface area is 178 Å². The fourth-order valence-corrected chi connectivity index (χ4v) is 5.11. The molecule has 1 aliphatic rings. The summed E-state index contributed by atoms with van der Waals surface area (Å²) in [6, 6.07) is 16.1. The molecule has 0 radical (unpaired) electrons. The number of nitrogens with one attached hydrogen (secondary N) is 2. The maximum absolute atomic E-state index is 12.4. The van der Waals surface area contributed by atoms with Gasteiger partial charge >= 0.3 is 0 Å². The number of Topliss-reactive ketones (excluding diaryl/α,β-unsaturated/α-hetero) is 1. The molecule has 0 bridgehead atoms. The van der Waals surface area contributed by atoms with Gasteiger partial charge in [0.15, 0.2) is 5.78 Å². The Kier molecular flexibility index (Phi) is 7.05. The van der Waals surface area contributed by atoms with Crippen LogP contribution in [0, 0.1) is 0 Å². The van der Waals surface area contributed by atoms with Gasteiger partial charge in [0.2, 0.25) is 15.9 Å². The molecule has 2 aromatic carbocycles. The molecule has 2 N–H and O–H groups in total. The van der Waals surface area contributed by atoms with Crippen molar-refractivity contribution in [3.05, 3.63) is 65.7 Å². The summed E-state index contributed by atoms with van der Waals surface area (Å²) in [5.74, 6) is -0.386. The number of amides is 1. The fourth-order valence-electron chi connectivity index (χ4n) is 4.03. The van der Waals surface area contributed by atoms with Crippen molar-refractivity contribution in [1.82, 2.24) is 10.0 Å². The molecule has 160 valence electrons. The number of sulfonamides is 1. The first-order chi connectivity index (χ1) is 14.3. The zero-order valence-corrected chi connectivity index (χ0v) is 18.0. The highest BCUT2D eigenvalue weighted by Crippen LogP contribution is 2.40. The number of ketones is 1. The van der Waals surface area contributed by atoms with Crippen LogP contribution in [0.25, 0.3) is 0 Å². The molecule has 0 saturated heterocycles. The number of benzene rings is 2. The Hall–Kier alpha value is -2.51. The van der Waals surface area contributed by atoms with Crippen molar-refractivity contribution < 1.29 is 18.0 Å². The van der Waals surface area contributed by atoms with Crippen molar-refractivity contribution in [3.63, 3.8) is 0 Å². The summed E-state index contributed by atoms with van der Waals surface area (Å²) < 4.78 is 27.3. The Balaban J connectivity index is 1.53.